The first-order chi connectivity index (χ1) is 8.99. The van der Waals surface area contributed by atoms with E-state index in [2.05, 4.69) is 60.2 Å². The lowest BCUT2D eigenvalue weighted by Gasteiger charge is -2.20. The first kappa shape index (κ1) is 13.7. The van der Waals surface area contributed by atoms with Crippen LogP contribution in [-0.2, 0) is 0 Å². The Labute approximate surface area is 115 Å². The zero-order valence-electron chi connectivity index (χ0n) is 12.3. The number of hydrogen-bond acceptors (Lipinski definition) is 3. The largest absolute Gasteiger partial charge is 0.303 e. The molecule has 0 aliphatic heterocycles. The Morgan fingerprint density at radius 3 is 2.16 bits per heavy atom. The van der Waals surface area contributed by atoms with Gasteiger partial charge in [0.25, 0.3) is 0 Å². The van der Waals surface area contributed by atoms with Gasteiger partial charge < -0.3 is 4.90 Å². The van der Waals surface area contributed by atoms with Crippen LogP contribution in [0.3, 0.4) is 0 Å². The lowest BCUT2D eigenvalue weighted by atomic mass is 10.0. The zero-order valence-corrected chi connectivity index (χ0v) is 12.3. The molecule has 2 rings (SSSR count). The number of benzene rings is 1. The molecule has 0 N–H and O–H groups in total. The number of nitrogens with zero attached hydrogens (tertiary/aromatic N) is 3. The highest BCUT2D eigenvalue weighted by Crippen LogP contribution is 2.22. The number of aryl methyl sites for hydroxylation is 2. The molecule has 0 fully saturated rings. The predicted molar refractivity (Wildman–Crippen MR) is 79.0 cm³/mol. The van der Waals surface area contributed by atoms with Gasteiger partial charge in [-0.15, -0.1) is 0 Å². The molecule has 19 heavy (non-hydrogen) atoms. The molecule has 0 spiro atoms. The van der Waals surface area contributed by atoms with Crippen molar-refractivity contribution >= 4 is 0 Å². The molecule has 2 aromatic rings. The molecule has 100 valence electrons. The Kier molecular flexibility index (Phi) is 3.96. The number of aromatic nitrogens is 2. The van der Waals surface area contributed by atoms with Gasteiger partial charge in [0.05, 0.1) is 23.3 Å². The van der Waals surface area contributed by atoms with Crippen molar-refractivity contribution in [2.24, 2.45) is 0 Å². The summed E-state index contributed by atoms with van der Waals surface area (Å²) in [6, 6.07) is 8.98. The van der Waals surface area contributed by atoms with Gasteiger partial charge in [-0.2, -0.15) is 0 Å². The van der Waals surface area contributed by atoms with Gasteiger partial charge in [-0.25, -0.2) is 4.98 Å². The summed E-state index contributed by atoms with van der Waals surface area (Å²) in [4.78, 5) is 11.1. The fourth-order valence-electron chi connectivity index (χ4n) is 1.91. The van der Waals surface area contributed by atoms with Crippen LogP contribution in [0.2, 0.25) is 0 Å². The minimum absolute atomic E-state index is 0.417. The summed E-state index contributed by atoms with van der Waals surface area (Å²) in [5.41, 5.74) is 5.34. The Morgan fingerprint density at radius 1 is 1.00 bits per heavy atom. The van der Waals surface area contributed by atoms with E-state index in [0.29, 0.717) is 6.04 Å². The molecule has 1 atom stereocenters. The standard InChI is InChI=1S/C16H21N3/c1-11-12(2)18-16(10-17-11)15-8-6-14(7-9-15)13(3)19(4)5/h6-10,13H,1-5H3/t13-/m0/s1. The lowest BCUT2D eigenvalue weighted by Crippen LogP contribution is -2.16. The fourth-order valence-corrected chi connectivity index (χ4v) is 1.91. The minimum atomic E-state index is 0.417. The average Bonchev–Trinajstić information content (AvgIpc) is 2.41. The summed E-state index contributed by atoms with van der Waals surface area (Å²) in [6.07, 6.45) is 1.84. The molecule has 0 bridgehead atoms. The van der Waals surface area contributed by atoms with Gasteiger partial charge in [0.1, 0.15) is 0 Å². The molecular weight excluding hydrogens is 234 g/mol. The third-order valence-corrected chi connectivity index (χ3v) is 3.66. The Hall–Kier alpha value is -1.74. The Balaban J connectivity index is 2.29. The third-order valence-electron chi connectivity index (χ3n) is 3.66. The maximum atomic E-state index is 4.58. The summed E-state index contributed by atoms with van der Waals surface area (Å²) in [5, 5.41) is 0. The van der Waals surface area contributed by atoms with Gasteiger partial charge in [-0.3, -0.25) is 4.98 Å². The van der Waals surface area contributed by atoms with Crippen molar-refractivity contribution in [3.63, 3.8) is 0 Å². The molecule has 0 radical (unpaired) electrons. The molecule has 0 amide bonds. The van der Waals surface area contributed by atoms with E-state index >= 15 is 0 Å². The van der Waals surface area contributed by atoms with E-state index in [0.717, 1.165) is 22.6 Å². The molecular formula is C16H21N3. The van der Waals surface area contributed by atoms with Crippen LogP contribution in [0.15, 0.2) is 30.5 Å². The summed E-state index contributed by atoms with van der Waals surface area (Å²) in [5.74, 6) is 0. The topological polar surface area (TPSA) is 29.0 Å². The minimum Gasteiger partial charge on any atom is -0.303 e. The normalized spacial score (nSPS) is 12.7. The van der Waals surface area contributed by atoms with Crippen molar-refractivity contribution < 1.29 is 0 Å². The van der Waals surface area contributed by atoms with Crippen molar-refractivity contribution in [3.8, 4) is 11.3 Å². The van der Waals surface area contributed by atoms with Crippen molar-refractivity contribution in [2.45, 2.75) is 26.8 Å². The quantitative estimate of drug-likeness (QED) is 0.842. The fraction of sp³-hybridized carbons (Fsp3) is 0.375. The van der Waals surface area contributed by atoms with Gasteiger partial charge in [0.2, 0.25) is 0 Å². The molecule has 1 aromatic carbocycles. The van der Waals surface area contributed by atoms with Gasteiger partial charge in [0, 0.05) is 11.6 Å². The van der Waals surface area contributed by atoms with Crippen LogP contribution in [0.5, 0.6) is 0 Å². The maximum absolute atomic E-state index is 4.58. The van der Waals surface area contributed by atoms with E-state index in [1.165, 1.54) is 5.56 Å². The Morgan fingerprint density at radius 2 is 1.63 bits per heavy atom. The highest BCUT2D eigenvalue weighted by atomic mass is 15.1. The summed E-state index contributed by atoms with van der Waals surface area (Å²) in [7, 11) is 4.18. The van der Waals surface area contributed by atoms with Crippen LogP contribution in [0.4, 0.5) is 0 Å². The van der Waals surface area contributed by atoms with E-state index in [9.17, 15) is 0 Å². The summed E-state index contributed by atoms with van der Waals surface area (Å²) in [6.45, 7) is 6.17. The SMILES string of the molecule is Cc1ncc(-c2ccc([C@H](C)N(C)C)cc2)nc1C. The van der Waals surface area contributed by atoms with Crippen LogP contribution in [0.1, 0.15) is 29.9 Å². The van der Waals surface area contributed by atoms with Crippen molar-refractivity contribution in [2.75, 3.05) is 14.1 Å². The number of rotatable bonds is 3. The van der Waals surface area contributed by atoms with Crippen LogP contribution in [-0.4, -0.2) is 29.0 Å². The van der Waals surface area contributed by atoms with E-state index in [1.54, 1.807) is 0 Å². The average molecular weight is 255 g/mol. The van der Waals surface area contributed by atoms with Gasteiger partial charge in [-0.1, -0.05) is 24.3 Å². The van der Waals surface area contributed by atoms with Crippen molar-refractivity contribution in [3.05, 3.63) is 47.4 Å². The molecule has 1 aromatic heterocycles. The van der Waals surface area contributed by atoms with Gasteiger partial charge in [-0.05, 0) is 40.4 Å². The van der Waals surface area contributed by atoms with Crippen LogP contribution >= 0.6 is 0 Å². The summed E-state index contributed by atoms with van der Waals surface area (Å²) >= 11 is 0. The molecule has 0 aliphatic rings. The molecule has 3 heteroatoms. The van der Waals surface area contributed by atoms with Crippen molar-refractivity contribution in [1.29, 1.82) is 0 Å². The van der Waals surface area contributed by atoms with E-state index in [1.807, 2.05) is 20.0 Å². The van der Waals surface area contributed by atoms with E-state index in [-0.39, 0.29) is 0 Å². The number of hydrogen-bond donors (Lipinski definition) is 0. The maximum Gasteiger partial charge on any atom is 0.0888 e. The van der Waals surface area contributed by atoms with Gasteiger partial charge >= 0.3 is 0 Å². The monoisotopic (exact) mass is 255 g/mol. The van der Waals surface area contributed by atoms with Crippen LogP contribution < -0.4 is 0 Å². The molecule has 3 nitrogen and oxygen atoms in total. The molecule has 0 saturated heterocycles. The Bertz CT molecular complexity index is 559. The lowest BCUT2D eigenvalue weighted by molar-refractivity contribution is 0.321. The van der Waals surface area contributed by atoms with Gasteiger partial charge in [0.15, 0.2) is 0 Å². The smallest absolute Gasteiger partial charge is 0.0888 e. The van der Waals surface area contributed by atoms with E-state index in [4.69, 9.17) is 0 Å². The highest BCUT2D eigenvalue weighted by Gasteiger charge is 2.08. The second kappa shape index (κ2) is 5.49. The summed E-state index contributed by atoms with van der Waals surface area (Å²) < 4.78 is 0. The zero-order chi connectivity index (χ0) is 14.0. The highest BCUT2D eigenvalue weighted by molar-refractivity contribution is 5.58. The second-order valence-corrected chi connectivity index (χ2v) is 5.19. The molecule has 0 saturated carbocycles. The molecule has 1 heterocycles. The molecule has 0 aliphatic carbocycles. The third kappa shape index (κ3) is 2.99. The second-order valence-electron chi connectivity index (χ2n) is 5.19. The van der Waals surface area contributed by atoms with Crippen molar-refractivity contribution in [1.82, 2.24) is 14.9 Å². The molecule has 0 unspecified atom stereocenters. The van der Waals surface area contributed by atoms with Crippen LogP contribution in [0, 0.1) is 13.8 Å². The van der Waals surface area contributed by atoms with E-state index < -0.39 is 0 Å². The van der Waals surface area contributed by atoms with Crippen LogP contribution in [0.25, 0.3) is 11.3 Å². The first-order valence-electron chi connectivity index (χ1n) is 6.56. The first-order valence-corrected chi connectivity index (χ1v) is 6.56. The predicted octanol–water partition coefficient (Wildman–Crippen LogP) is 3.38.